The third kappa shape index (κ3) is 3.89. The number of nitrogens with one attached hydrogen (secondary N) is 2. The Bertz CT molecular complexity index is 654. The summed E-state index contributed by atoms with van der Waals surface area (Å²) in [5, 5.41) is 9.76. The molecule has 1 saturated heterocycles. The Labute approximate surface area is 136 Å². The lowest BCUT2D eigenvalue weighted by Crippen LogP contribution is -2.33. The molecular formula is C14H16BrN5O2. The van der Waals surface area contributed by atoms with Gasteiger partial charge in [-0.15, -0.1) is 0 Å². The topological polar surface area (TPSA) is 92.8 Å². The zero-order chi connectivity index (χ0) is 15.4. The highest BCUT2D eigenvalue weighted by Crippen LogP contribution is 2.18. The predicted molar refractivity (Wildman–Crippen MR) is 83.0 cm³/mol. The van der Waals surface area contributed by atoms with E-state index in [4.69, 9.17) is 4.74 Å². The molecule has 0 aliphatic carbocycles. The zero-order valence-electron chi connectivity index (χ0n) is 11.9. The fourth-order valence-corrected chi connectivity index (χ4v) is 2.65. The van der Waals surface area contributed by atoms with Crippen LogP contribution in [0.3, 0.4) is 0 Å². The number of halogens is 1. The van der Waals surface area contributed by atoms with E-state index in [9.17, 15) is 4.79 Å². The molecule has 0 unspecified atom stereocenters. The second-order valence-electron chi connectivity index (χ2n) is 5.11. The molecule has 2 N–H and O–H groups in total. The molecule has 0 spiro atoms. The van der Waals surface area contributed by atoms with Crippen molar-refractivity contribution < 1.29 is 9.53 Å². The fourth-order valence-electron chi connectivity index (χ4n) is 2.29. The van der Waals surface area contributed by atoms with Gasteiger partial charge in [-0.2, -0.15) is 5.10 Å². The number of hydrogen-bond acceptors (Lipinski definition) is 5. The molecule has 8 heteroatoms. The summed E-state index contributed by atoms with van der Waals surface area (Å²) in [5.74, 6) is 0.959. The SMILES string of the molecule is O=C(Cc1nc(-c2cncc(Br)c2)n[nH]1)NC[C@@H]1CCCO1. The highest BCUT2D eigenvalue weighted by atomic mass is 79.9. The minimum atomic E-state index is -0.0921. The van der Waals surface area contributed by atoms with E-state index in [1.165, 1.54) is 0 Å². The van der Waals surface area contributed by atoms with Gasteiger partial charge in [-0.3, -0.25) is 14.9 Å². The number of rotatable bonds is 5. The maximum absolute atomic E-state index is 11.9. The third-order valence-electron chi connectivity index (χ3n) is 3.37. The van der Waals surface area contributed by atoms with Crippen molar-refractivity contribution in [2.45, 2.75) is 25.4 Å². The largest absolute Gasteiger partial charge is 0.376 e. The van der Waals surface area contributed by atoms with Gasteiger partial charge >= 0.3 is 0 Å². The first-order chi connectivity index (χ1) is 10.7. The average Bonchev–Trinajstić information content (AvgIpc) is 3.16. The lowest BCUT2D eigenvalue weighted by atomic mass is 10.2. The molecule has 0 aromatic carbocycles. The van der Waals surface area contributed by atoms with Crippen molar-refractivity contribution in [3.05, 3.63) is 28.8 Å². The lowest BCUT2D eigenvalue weighted by molar-refractivity contribution is -0.121. The minimum absolute atomic E-state index is 0.0921. The van der Waals surface area contributed by atoms with Crippen LogP contribution in [0.1, 0.15) is 18.7 Å². The summed E-state index contributed by atoms with van der Waals surface area (Å²) in [6.45, 7) is 1.34. The fraction of sp³-hybridized carbons (Fsp3) is 0.429. The molecule has 1 aliphatic heterocycles. The number of aromatic amines is 1. The van der Waals surface area contributed by atoms with Crippen molar-refractivity contribution in [2.75, 3.05) is 13.2 Å². The molecular weight excluding hydrogens is 350 g/mol. The molecule has 22 heavy (non-hydrogen) atoms. The Balaban J connectivity index is 1.55. The molecule has 2 aromatic heterocycles. The van der Waals surface area contributed by atoms with Gasteiger partial charge in [0.15, 0.2) is 5.82 Å². The average molecular weight is 366 g/mol. The molecule has 1 fully saturated rings. The summed E-state index contributed by atoms with van der Waals surface area (Å²) in [5.41, 5.74) is 0.789. The zero-order valence-corrected chi connectivity index (χ0v) is 13.5. The Morgan fingerprint density at radius 2 is 2.41 bits per heavy atom. The third-order valence-corrected chi connectivity index (χ3v) is 3.81. The maximum Gasteiger partial charge on any atom is 0.227 e. The van der Waals surface area contributed by atoms with E-state index in [-0.39, 0.29) is 18.4 Å². The smallest absolute Gasteiger partial charge is 0.227 e. The molecule has 1 amide bonds. The van der Waals surface area contributed by atoms with E-state index in [0.29, 0.717) is 18.2 Å². The number of nitrogens with zero attached hydrogens (tertiary/aromatic N) is 3. The summed E-state index contributed by atoms with van der Waals surface area (Å²) < 4.78 is 6.32. The van der Waals surface area contributed by atoms with Gasteiger partial charge in [0.1, 0.15) is 5.82 Å². The number of ether oxygens (including phenoxy) is 1. The Hall–Kier alpha value is -1.80. The van der Waals surface area contributed by atoms with Gasteiger partial charge in [-0.25, -0.2) is 4.98 Å². The van der Waals surface area contributed by atoms with E-state index in [1.54, 1.807) is 12.4 Å². The minimum Gasteiger partial charge on any atom is -0.376 e. The van der Waals surface area contributed by atoms with Crippen LogP contribution in [0.2, 0.25) is 0 Å². The van der Waals surface area contributed by atoms with E-state index in [0.717, 1.165) is 29.5 Å². The number of pyridine rings is 1. The highest BCUT2D eigenvalue weighted by Gasteiger charge is 2.17. The monoisotopic (exact) mass is 365 g/mol. The molecule has 3 heterocycles. The van der Waals surface area contributed by atoms with Gasteiger partial charge in [0, 0.05) is 35.6 Å². The number of carbonyl (C=O) groups is 1. The summed E-state index contributed by atoms with van der Waals surface area (Å²) in [6.07, 6.45) is 5.74. The summed E-state index contributed by atoms with van der Waals surface area (Å²) >= 11 is 3.36. The van der Waals surface area contributed by atoms with Crippen LogP contribution in [-0.4, -0.2) is 45.3 Å². The molecule has 1 aliphatic rings. The number of hydrogen-bond donors (Lipinski definition) is 2. The first kappa shape index (κ1) is 15.1. The molecule has 2 aromatic rings. The first-order valence-corrected chi connectivity index (χ1v) is 7.90. The van der Waals surface area contributed by atoms with Crippen molar-refractivity contribution in [1.29, 1.82) is 0 Å². The number of amides is 1. The molecule has 1 atom stereocenters. The summed E-state index contributed by atoms with van der Waals surface area (Å²) in [6, 6.07) is 1.87. The van der Waals surface area contributed by atoms with E-state index in [2.05, 4.69) is 41.4 Å². The van der Waals surface area contributed by atoms with E-state index >= 15 is 0 Å². The van der Waals surface area contributed by atoms with Crippen LogP contribution in [0.4, 0.5) is 0 Å². The first-order valence-electron chi connectivity index (χ1n) is 7.11. The van der Waals surface area contributed by atoms with Crippen LogP contribution in [0.25, 0.3) is 11.4 Å². The molecule has 0 bridgehead atoms. The van der Waals surface area contributed by atoms with Gasteiger partial charge in [-0.1, -0.05) is 0 Å². The van der Waals surface area contributed by atoms with Gasteiger partial charge in [-0.05, 0) is 34.8 Å². The maximum atomic E-state index is 11.9. The highest BCUT2D eigenvalue weighted by molar-refractivity contribution is 9.10. The van der Waals surface area contributed by atoms with Crippen molar-refractivity contribution in [3.8, 4) is 11.4 Å². The van der Waals surface area contributed by atoms with Crippen LogP contribution in [0.5, 0.6) is 0 Å². The molecule has 0 saturated carbocycles. The standard InChI is InChI=1S/C14H16BrN5O2/c15-10-4-9(6-16-7-10)14-18-12(19-20-14)5-13(21)17-8-11-2-1-3-22-11/h4,6-7,11H,1-3,5,8H2,(H,17,21)(H,18,19,20)/t11-/m0/s1. The van der Waals surface area contributed by atoms with Crippen LogP contribution < -0.4 is 5.32 Å². The lowest BCUT2D eigenvalue weighted by Gasteiger charge is -2.09. The van der Waals surface area contributed by atoms with Crippen LogP contribution in [0.15, 0.2) is 22.9 Å². The molecule has 116 valence electrons. The van der Waals surface area contributed by atoms with Crippen molar-refractivity contribution in [2.24, 2.45) is 0 Å². The van der Waals surface area contributed by atoms with E-state index < -0.39 is 0 Å². The Morgan fingerprint density at radius 1 is 1.50 bits per heavy atom. The summed E-state index contributed by atoms with van der Waals surface area (Å²) in [7, 11) is 0. The van der Waals surface area contributed by atoms with E-state index in [1.807, 2.05) is 6.07 Å². The van der Waals surface area contributed by atoms with Crippen LogP contribution in [0, 0.1) is 0 Å². The number of H-pyrrole nitrogens is 1. The van der Waals surface area contributed by atoms with Crippen LogP contribution in [-0.2, 0) is 16.0 Å². The normalized spacial score (nSPS) is 17.6. The Kier molecular flexibility index (Phi) is 4.79. The second-order valence-corrected chi connectivity index (χ2v) is 6.03. The van der Waals surface area contributed by atoms with Crippen molar-refractivity contribution in [3.63, 3.8) is 0 Å². The second kappa shape index (κ2) is 6.97. The number of carbonyl (C=O) groups excluding carboxylic acids is 1. The van der Waals surface area contributed by atoms with Gasteiger partial charge in [0.2, 0.25) is 5.91 Å². The van der Waals surface area contributed by atoms with Gasteiger partial charge in [0.05, 0.1) is 12.5 Å². The molecule has 0 radical (unpaired) electrons. The summed E-state index contributed by atoms with van der Waals surface area (Å²) in [4.78, 5) is 20.3. The number of aromatic nitrogens is 4. The Morgan fingerprint density at radius 3 is 3.18 bits per heavy atom. The molecule has 3 rings (SSSR count). The predicted octanol–water partition coefficient (Wildman–Crippen LogP) is 1.47. The van der Waals surface area contributed by atoms with Crippen molar-refractivity contribution in [1.82, 2.24) is 25.5 Å². The van der Waals surface area contributed by atoms with Crippen LogP contribution >= 0.6 is 15.9 Å². The molecule has 7 nitrogen and oxygen atoms in total. The van der Waals surface area contributed by atoms with Gasteiger partial charge < -0.3 is 10.1 Å². The van der Waals surface area contributed by atoms with Gasteiger partial charge in [0.25, 0.3) is 0 Å². The quantitative estimate of drug-likeness (QED) is 0.836. The van der Waals surface area contributed by atoms with Crippen molar-refractivity contribution >= 4 is 21.8 Å².